The van der Waals surface area contributed by atoms with Crippen molar-refractivity contribution in [3.8, 4) is 0 Å². The van der Waals surface area contributed by atoms with Crippen molar-refractivity contribution in [1.82, 2.24) is 0 Å². The van der Waals surface area contributed by atoms with Gasteiger partial charge in [-0.15, -0.1) is 0 Å². The first-order valence-electron chi connectivity index (χ1n) is 8.87. The quantitative estimate of drug-likeness (QED) is 0.328. The molecule has 0 radical (unpaired) electrons. The second-order valence-corrected chi connectivity index (χ2v) is 7.90. The summed E-state index contributed by atoms with van der Waals surface area (Å²) >= 11 is 0. The van der Waals surface area contributed by atoms with Crippen LogP contribution in [0.1, 0.15) is 106 Å². The van der Waals surface area contributed by atoms with Gasteiger partial charge in [0.25, 0.3) is 0 Å². The van der Waals surface area contributed by atoms with Crippen LogP contribution in [0.15, 0.2) is 0 Å². The first-order chi connectivity index (χ1) is 8.87. The van der Waals surface area contributed by atoms with E-state index >= 15 is 0 Å². The van der Waals surface area contributed by atoms with Crippen LogP contribution >= 0.6 is 0 Å². The SMILES string of the molecule is CCC(C)(C)CCCC(C)CCCCCCC(C)C. The van der Waals surface area contributed by atoms with Crippen molar-refractivity contribution >= 4 is 0 Å². The average Bonchev–Trinajstić information content (AvgIpc) is 2.33. The zero-order valence-corrected chi connectivity index (χ0v) is 14.7. The second kappa shape index (κ2) is 10.7. The molecule has 0 spiro atoms. The zero-order valence-electron chi connectivity index (χ0n) is 14.7. The Morgan fingerprint density at radius 1 is 0.737 bits per heavy atom. The summed E-state index contributed by atoms with van der Waals surface area (Å²) < 4.78 is 0. The van der Waals surface area contributed by atoms with Crippen molar-refractivity contribution in [3.63, 3.8) is 0 Å². The van der Waals surface area contributed by atoms with Gasteiger partial charge in [0.05, 0.1) is 0 Å². The van der Waals surface area contributed by atoms with Crippen LogP contribution in [-0.2, 0) is 0 Å². The molecule has 0 aromatic rings. The molecule has 0 saturated heterocycles. The molecule has 0 fully saturated rings. The maximum Gasteiger partial charge on any atom is -0.0357 e. The van der Waals surface area contributed by atoms with Gasteiger partial charge in [0.1, 0.15) is 0 Å². The Labute approximate surface area is 123 Å². The topological polar surface area (TPSA) is 0 Å². The van der Waals surface area contributed by atoms with Gasteiger partial charge in [-0.3, -0.25) is 0 Å². The minimum atomic E-state index is 0.566. The van der Waals surface area contributed by atoms with Crippen LogP contribution in [0, 0.1) is 17.3 Å². The summed E-state index contributed by atoms with van der Waals surface area (Å²) in [6.45, 7) is 14.3. The Morgan fingerprint density at radius 3 is 1.79 bits per heavy atom. The van der Waals surface area contributed by atoms with Gasteiger partial charge in [-0.25, -0.2) is 0 Å². The molecule has 0 aromatic carbocycles. The summed E-state index contributed by atoms with van der Waals surface area (Å²) in [4.78, 5) is 0. The molecule has 19 heavy (non-hydrogen) atoms. The van der Waals surface area contributed by atoms with Gasteiger partial charge in [-0.1, -0.05) is 99.3 Å². The molecule has 116 valence electrons. The van der Waals surface area contributed by atoms with Gasteiger partial charge in [0, 0.05) is 0 Å². The van der Waals surface area contributed by atoms with Crippen LogP contribution in [0.5, 0.6) is 0 Å². The Hall–Kier alpha value is 0. The predicted molar refractivity (Wildman–Crippen MR) is 89.6 cm³/mol. The lowest BCUT2D eigenvalue weighted by molar-refractivity contribution is 0.295. The largest absolute Gasteiger partial charge is 0.0649 e. The lowest BCUT2D eigenvalue weighted by Crippen LogP contribution is -2.09. The van der Waals surface area contributed by atoms with E-state index in [4.69, 9.17) is 0 Å². The number of unbranched alkanes of at least 4 members (excludes halogenated alkanes) is 3. The Bertz CT molecular complexity index is 190. The van der Waals surface area contributed by atoms with E-state index < -0.39 is 0 Å². The molecule has 0 N–H and O–H groups in total. The molecular weight excluding hydrogens is 228 g/mol. The van der Waals surface area contributed by atoms with Gasteiger partial charge in [0.2, 0.25) is 0 Å². The van der Waals surface area contributed by atoms with Crippen LogP contribution in [0.3, 0.4) is 0 Å². The molecule has 0 bridgehead atoms. The van der Waals surface area contributed by atoms with Crippen molar-refractivity contribution in [2.75, 3.05) is 0 Å². The highest BCUT2D eigenvalue weighted by Gasteiger charge is 2.14. The lowest BCUT2D eigenvalue weighted by atomic mass is 9.83. The predicted octanol–water partition coefficient (Wildman–Crippen LogP) is 7.23. The van der Waals surface area contributed by atoms with Crippen molar-refractivity contribution < 1.29 is 0 Å². The van der Waals surface area contributed by atoms with E-state index in [-0.39, 0.29) is 0 Å². The molecular formula is C19H40. The van der Waals surface area contributed by atoms with Crippen LogP contribution in [0.25, 0.3) is 0 Å². The first-order valence-corrected chi connectivity index (χ1v) is 8.87. The highest BCUT2D eigenvalue weighted by molar-refractivity contribution is 4.67. The number of hydrogen-bond donors (Lipinski definition) is 0. The molecule has 0 heterocycles. The lowest BCUT2D eigenvalue weighted by Gasteiger charge is -2.23. The average molecular weight is 269 g/mol. The minimum Gasteiger partial charge on any atom is -0.0649 e. The van der Waals surface area contributed by atoms with E-state index in [9.17, 15) is 0 Å². The van der Waals surface area contributed by atoms with Gasteiger partial charge in [-0.2, -0.15) is 0 Å². The smallest absolute Gasteiger partial charge is 0.0357 e. The van der Waals surface area contributed by atoms with Gasteiger partial charge in [0.15, 0.2) is 0 Å². The van der Waals surface area contributed by atoms with Crippen LogP contribution in [0.2, 0.25) is 0 Å². The fourth-order valence-electron chi connectivity index (χ4n) is 2.65. The fourth-order valence-corrected chi connectivity index (χ4v) is 2.65. The Kier molecular flexibility index (Phi) is 10.7. The Balaban J connectivity index is 3.37. The maximum absolute atomic E-state index is 2.45. The van der Waals surface area contributed by atoms with E-state index in [1.807, 2.05) is 0 Å². The molecule has 0 rings (SSSR count). The van der Waals surface area contributed by atoms with Gasteiger partial charge >= 0.3 is 0 Å². The third kappa shape index (κ3) is 12.8. The molecule has 0 saturated carbocycles. The summed E-state index contributed by atoms with van der Waals surface area (Å²) in [6.07, 6.45) is 14.3. The molecule has 0 nitrogen and oxygen atoms in total. The third-order valence-corrected chi connectivity index (χ3v) is 4.74. The molecule has 0 aliphatic carbocycles. The molecule has 0 aliphatic heterocycles. The van der Waals surface area contributed by atoms with Crippen LogP contribution < -0.4 is 0 Å². The van der Waals surface area contributed by atoms with Crippen molar-refractivity contribution in [2.45, 2.75) is 106 Å². The highest BCUT2D eigenvalue weighted by Crippen LogP contribution is 2.28. The van der Waals surface area contributed by atoms with E-state index in [1.54, 1.807) is 0 Å². The monoisotopic (exact) mass is 268 g/mol. The molecule has 0 amide bonds. The van der Waals surface area contributed by atoms with Gasteiger partial charge < -0.3 is 0 Å². The van der Waals surface area contributed by atoms with Crippen molar-refractivity contribution in [2.24, 2.45) is 17.3 Å². The molecule has 0 aromatic heterocycles. The molecule has 0 heteroatoms. The zero-order chi connectivity index (χ0) is 14.7. The number of hydrogen-bond acceptors (Lipinski definition) is 0. The normalized spacial score (nSPS) is 14.1. The molecule has 1 unspecified atom stereocenters. The second-order valence-electron chi connectivity index (χ2n) is 7.90. The van der Waals surface area contributed by atoms with Crippen molar-refractivity contribution in [1.29, 1.82) is 0 Å². The van der Waals surface area contributed by atoms with Crippen LogP contribution in [0.4, 0.5) is 0 Å². The third-order valence-electron chi connectivity index (χ3n) is 4.74. The van der Waals surface area contributed by atoms with Crippen LogP contribution in [-0.4, -0.2) is 0 Å². The summed E-state index contributed by atoms with van der Waals surface area (Å²) in [5, 5.41) is 0. The summed E-state index contributed by atoms with van der Waals surface area (Å²) in [5.74, 6) is 1.83. The standard InChI is InChI=1S/C19H40/c1-7-19(5,6)16-12-15-18(4)14-11-9-8-10-13-17(2)3/h17-18H,7-16H2,1-6H3. The summed E-state index contributed by atoms with van der Waals surface area (Å²) in [7, 11) is 0. The summed E-state index contributed by atoms with van der Waals surface area (Å²) in [6, 6.07) is 0. The Morgan fingerprint density at radius 2 is 1.26 bits per heavy atom. The molecule has 0 aliphatic rings. The van der Waals surface area contributed by atoms with E-state index in [1.165, 1.54) is 64.2 Å². The van der Waals surface area contributed by atoms with E-state index in [2.05, 4.69) is 41.5 Å². The van der Waals surface area contributed by atoms with Gasteiger partial charge in [-0.05, 0) is 23.7 Å². The number of rotatable bonds is 12. The minimum absolute atomic E-state index is 0.566. The molecule has 1 atom stereocenters. The van der Waals surface area contributed by atoms with E-state index in [0.29, 0.717) is 5.41 Å². The fraction of sp³-hybridized carbons (Fsp3) is 1.00. The van der Waals surface area contributed by atoms with E-state index in [0.717, 1.165) is 11.8 Å². The highest BCUT2D eigenvalue weighted by atomic mass is 14.2. The van der Waals surface area contributed by atoms with Crippen molar-refractivity contribution in [3.05, 3.63) is 0 Å². The summed E-state index contributed by atoms with van der Waals surface area (Å²) in [5.41, 5.74) is 0.566. The maximum atomic E-state index is 2.45. The first kappa shape index (κ1) is 19.0.